The molecule has 6 aromatic rings. The summed E-state index contributed by atoms with van der Waals surface area (Å²) in [6.07, 6.45) is 6.99. The lowest BCUT2D eigenvalue weighted by molar-refractivity contribution is -0.144. The first-order valence-corrected chi connectivity index (χ1v) is 34.6. The quantitative estimate of drug-likeness (QED) is 0.0759. The van der Waals surface area contributed by atoms with E-state index in [1.165, 1.54) is 0 Å². The summed E-state index contributed by atoms with van der Waals surface area (Å²) in [5.74, 6) is -5.28. The molecule has 2 aromatic heterocycles. The molecule has 548 valence electrons. The van der Waals surface area contributed by atoms with E-state index in [9.17, 15) is 38.4 Å². The van der Waals surface area contributed by atoms with E-state index >= 15 is 0 Å². The van der Waals surface area contributed by atoms with Gasteiger partial charge < -0.3 is 53.2 Å². The molecule has 8 bridgehead atoms. The van der Waals surface area contributed by atoms with Crippen LogP contribution in [0.5, 0.6) is 46.0 Å². The fourth-order valence-electron chi connectivity index (χ4n) is 10.2. The van der Waals surface area contributed by atoms with Crippen LogP contribution in [-0.2, 0) is 38.4 Å². The van der Waals surface area contributed by atoms with Crippen LogP contribution in [0.3, 0.4) is 0 Å². The van der Waals surface area contributed by atoms with Gasteiger partial charge in [0.1, 0.15) is 46.0 Å². The number of rotatable bonds is 12. The molecular weight excluding hydrogens is 1320 g/mol. The van der Waals surface area contributed by atoms with Gasteiger partial charge in [0, 0.05) is 50.1 Å². The third-order valence-corrected chi connectivity index (χ3v) is 16.5. The van der Waals surface area contributed by atoms with Crippen LogP contribution in [0.15, 0.2) is 138 Å². The molecule has 0 saturated heterocycles. The Labute approximate surface area is 608 Å². The van der Waals surface area contributed by atoms with Crippen molar-refractivity contribution in [2.45, 2.75) is 172 Å². The summed E-state index contributed by atoms with van der Waals surface area (Å²) in [5, 5.41) is 4.32. The van der Waals surface area contributed by atoms with Crippen LogP contribution in [-0.4, -0.2) is 69.5 Å². The second-order valence-electron chi connectivity index (χ2n) is 34.4. The van der Waals surface area contributed by atoms with Gasteiger partial charge in [-0.3, -0.25) is 38.4 Å². The number of nitrogens with one attached hydrogen (secondary N) is 3. The van der Waals surface area contributed by atoms with Crippen LogP contribution < -0.4 is 53.9 Å². The highest BCUT2D eigenvalue weighted by atomic mass is 16.6. The number of nitrogens with zero attached hydrogens (tertiary/aromatic N) is 1. The molecule has 20 nitrogen and oxygen atoms in total. The summed E-state index contributed by atoms with van der Waals surface area (Å²) in [6, 6.07) is 25.0. The Hall–Kier alpha value is -10.6. The summed E-state index contributed by atoms with van der Waals surface area (Å²) in [4.78, 5) is 128. The lowest BCUT2D eigenvalue weighted by atomic mass is 9.94. The van der Waals surface area contributed by atoms with Crippen LogP contribution in [0.25, 0.3) is 22.3 Å². The topological polar surface area (TPSA) is 266 Å². The molecule has 0 aliphatic carbocycles. The summed E-state index contributed by atoms with van der Waals surface area (Å²) in [6.45, 7) is 40.8. The summed E-state index contributed by atoms with van der Waals surface area (Å²) in [7, 11) is 0. The number of hydrogen-bond donors (Lipinski definition) is 3. The number of H-pyrrole nitrogens is 2. The van der Waals surface area contributed by atoms with E-state index in [1.54, 1.807) is 281 Å². The van der Waals surface area contributed by atoms with Crippen molar-refractivity contribution in [2.24, 2.45) is 48.3 Å². The first-order chi connectivity index (χ1) is 47.9. The van der Waals surface area contributed by atoms with Gasteiger partial charge in [0.05, 0.1) is 83.0 Å². The molecule has 104 heavy (non-hydrogen) atoms. The van der Waals surface area contributed by atoms with Gasteiger partial charge in [-0.1, -0.05) is 30.3 Å². The zero-order valence-electron chi connectivity index (χ0n) is 64.1. The SMILES string of the molecule is CC(C)(C)C(=O)Oc1cccc(OC(=O)C(C)(C)C)c1C1=C2C=CC(=N2)C(c2c(OC(=O)C(C)(C)C)cccc2OC(=O)C(C)(C)C)=c2ccc([nH]2)=C(c2c(OC(=O)C(C)(C)C)cccc2OC(=O)C(C)(C)C)C2C=CC(=C(c3c(OC(=O)C(C)(C)C)cccc3OC(=O)C(C)(C)C)c3ccc1[nH]3)N2. The highest BCUT2D eigenvalue weighted by Crippen LogP contribution is 2.49. The number of hydrogen-bond acceptors (Lipinski definition) is 18. The first-order valence-electron chi connectivity index (χ1n) is 34.6. The van der Waals surface area contributed by atoms with Gasteiger partial charge >= 0.3 is 47.8 Å². The molecule has 5 heterocycles. The minimum absolute atomic E-state index is 0.00573. The van der Waals surface area contributed by atoms with Crippen LogP contribution in [0.1, 0.15) is 200 Å². The predicted octanol–water partition coefficient (Wildman–Crippen LogP) is 15.1. The monoisotopic (exact) mass is 1420 g/mol. The van der Waals surface area contributed by atoms with E-state index in [-0.39, 0.29) is 113 Å². The lowest BCUT2D eigenvalue weighted by Gasteiger charge is -2.25. The molecule has 20 heteroatoms. The number of fused-ring (bicyclic) bond motifs is 7. The number of allylic oxidation sites excluding steroid dienone is 3. The molecule has 0 saturated carbocycles. The van der Waals surface area contributed by atoms with Gasteiger partial charge in [-0.25, -0.2) is 4.99 Å². The number of carbonyl (C=O) groups excluding carboxylic acids is 8. The Kier molecular flexibility index (Phi) is 21.0. The minimum Gasteiger partial charge on any atom is -0.425 e. The van der Waals surface area contributed by atoms with E-state index in [2.05, 4.69) is 15.3 Å². The second kappa shape index (κ2) is 28.2. The second-order valence-corrected chi connectivity index (χ2v) is 34.4. The van der Waals surface area contributed by atoms with Crippen molar-refractivity contribution in [1.82, 2.24) is 15.3 Å². The van der Waals surface area contributed by atoms with Gasteiger partial charge in [0.25, 0.3) is 0 Å². The average molecular weight is 1420 g/mol. The number of aliphatic imine (C=N–C) groups is 1. The minimum atomic E-state index is -1.07. The predicted molar refractivity (Wildman–Crippen MR) is 397 cm³/mol. The Morgan fingerprint density at radius 1 is 0.308 bits per heavy atom. The summed E-state index contributed by atoms with van der Waals surface area (Å²) in [5.41, 5.74) is -5.97. The van der Waals surface area contributed by atoms with Crippen molar-refractivity contribution in [1.29, 1.82) is 0 Å². The molecule has 1 unspecified atom stereocenters. The number of aromatic nitrogens is 2. The lowest BCUT2D eigenvalue weighted by Crippen LogP contribution is -2.32. The molecule has 0 fully saturated rings. The molecule has 3 aliphatic heterocycles. The Balaban J connectivity index is 1.58. The van der Waals surface area contributed by atoms with Gasteiger partial charge in [-0.2, -0.15) is 0 Å². The number of aromatic amines is 2. The molecule has 0 radical (unpaired) electrons. The molecule has 9 rings (SSSR count). The van der Waals surface area contributed by atoms with Crippen molar-refractivity contribution in [3.63, 3.8) is 0 Å². The van der Waals surface area contributed by atoms with Crippen molar-refractivity contribution in [3.8, 4) is 46.0 Å². The number of ether oxygens (including phenoxy) is 8. The van der Waals surface area contributed by atoms with E-state index in [1.807, 2.05) is 6.08 Å². The van der Waals surface area contributed by atoms with Crippen molar-refractivity contribution < 1.29 is 76.3 Å². The smallest absolute Gasteiger partial charge is 0.316 e. The average Bonchev–Trinajstić information content (AvgIpc) is 1.56. The van der Waals surface area contributed by atoms with Gasteiger partial charge in [0.15, 0.2) is 0 Å². The first kappa shape index (κ1) is 77.5. The molecule has 3 N–H and O–H groups in total. The molecular formula is C84H96N4O16. The third-order valence-electron chi connectivity index (χ3n) is 16.5. The molecule has 0 spiro atoms. The summed E-state index contributed by atoms with van der Waals surface area (Å²) >= 11 is 0. The highest BCUT2D eigenvalue weighted by molar-refractivity contribution is 6.31. The largest absolute Gasteiger partial charge is 0.425 e. The molecule has 1 atom stereocenters. The van der Waals surface area contributed by atoms with E-state index in [4.69, 9.17) is 42.9 Å². The Morgan fingerprint density at radius 2 is 0.587 bits per heavy atom. The maximum Gasteiger partial charge on any atom is 0.316 e. The van der Waals surface area contributed by atoms with Crippen molar-refractivity contribution >= 4 is 75.8 Å². The summed E-state index contributed by atoms with van der Waals surface area (Å²) < 4.78 is 51.5. The Morgan fingerprint density at radius 3 is 0.904 bits per heavy atom. The van der Waals surface area contributed by atoms with Gasteiger partial charge in [0.2, 0.25) is 0 Å². The molecule has 0 amide bonds. The standard InChI is InChI=1S/C84H96N4O16/c1-77(2,3)69(89)97-53-29-25-30-54(98-70(90)78(4,5)6)65(53)61-45-37-39-47(85-45)62(66-55(99-71(91)79(7,8)9)31-26-32-56(66)100-72(92)80(10,11)12)49-41-43-51(87-49)64(68-59(103-75(95)83(19,20)21)35-28-36-60(68)104-76(96)84(22,23)24)52-44-42-50(88-52)63(48-40-38-46(61)86-48)67-57(101-73(93)81(13,14)15)33-27-34-58(67)102-74(94)82(16,17)18/h25-45,85-87H,1-24H3. The van der Waals surface area contributed by atoms with Crippen LogP contribution in [0, 0.1) is 43.3 Å². The van der Waals surface area contributed by atoms with E-state index in [0.717, 1.165) is 0 Å². The van der Waals surface area contributed by atoms with Crippen LogP contribution in [0.2, 0.25) is 0 Å². The fourth-order valence-corrected chi connectivity index (χ4v) is 10.2. The zero-order chi connectivity index (χ0) is 77.1. The third kappa shape index (κ3) is 17.0. The maximum atomic E-state index is 14.4. The highest BCUT2D eigenvalue weighted by Gasteiger charge is 2.40. The maximum absolute atomic E-state index is 14.4. The van der Waals surface area contributed by atoms with Crippen molar-refractivity contribution in [3.05, 3.63) is 177 Å². The van der Waals surface area contributed by atoms with Crippen LogP contribution >= 0.6 is 0 Å². The normalized spacial score (nSPS) is 15.1. The van der Waals surface area contributed by atoms with Gasteiger partial charge in [-0.15, -0.1) is 0 Å². The van der Waals surface area contributed by atoms with E-state index in [0.29, 0.717) is 16.6 Å². The Bertz CT molecular complexity index is 4640. The zero-order valence-corrected chi connectivity index (χ0v) is 64.1. The fraction of sp³-hybridized carbons (Fsp3) is 0.393. The number of benzene rings is 4. The number of carbonyl (C=O) groups is 8. The molecule has 3 aliphatic rings. The van der Waals surface area contributed by atoms with Crippen molar-refractivity contribution in [2.75, 3.05) is 0 Å². The van der Waals surface area contributed by atoms with E-state index < -0.39 is 97.1 Å². The molecule has 4 aromatic carbocycles. The number of esters is 8. The van der Waals surface area contributed by atoms with Crippen LogP contribution in [0.4, 0.5) is 0 Å². The van der Waals surface area contributed by atoms with Gasteiger partial charge in [-0.05, 0) is 257 Å².